The third kappa shape index (κ3) is 2.83. The van der Waals surface area contributed by atoms with Crippen LogP contribution in [0.4, 0.5) is 5.69 Å². The van der Waals surface area contributed by atoms with Gasteiger partial charge in [0.25, 0.3) is 5.56 Å². The molecule has 0 aliphatic carbocycles. The van der Waals surface area contributed by atoms with E-state index >= 15 is 0 Å². The van der Waals surface area contributed by atoms with Gasteiger partial charge in [-0.15, -0.1) is 6.58 Å². The molecule has 1 rings (SSSR count). The van der Waals surface area contributed by atoms with Crippen molar-refractivity contribution in [1.29, 1.82) is 0 Å². The second kappa shape index (κ2) is 5.56. The SMILES string of the molecule is C=CCNc1cnn(CCC)c(=O)c1Cl. The van der Waals surface area contributed by atoms with E-state index in [9.17, 15) is 4.79 Å². The molecule has 1 N–H and O–H groups in total. The molecular weight excluding hydrogens is 214 g/mol. The van der Waals surface area contributed by atoms with Gasteiger partial charge in [0.15, 0.2) is 0 Å². The number of anilines is 1. The third-order valence-electron chi connectivity index (χ3n) is 1.86. The summed E-state index contributed by atoms with van der Waals surface area (Å²) >= 11 is 5.90. The van der Waals surface area contributed by atoms with Gasteiger partial charge in [0.05, 0.1) is 11.9 Å². The number of hydrogen-bond donors (Lipinski definition) is 1. The van der Waals surface area contributed by atoms with Crippen molar-refractivity contribution in [3.05, 3.63) is 34.2 Å². The molecule has 15 heavy (non-hydrogen) atoms. The minimum atomic E-state index is -0.257. The van der Waals surface area contributed by atoms with Crippen molar-refractivity contribution in [2.45, 2.75) is 19.9 Å². The summed E-state index contributed by atoms with van der Waals surface area (Å²) in [4.78, 5) is 11.6. The Bertz CT molecular complexity index is 400. The Kier molecular flexibility index (Phi) is 4.37. The molecule has 0 aliphatic heterocycles. The Morgan fingerprint density at radius 2 is 2.47 bits per heavy atom. The lowest BCUT2D eigenvalue weighted by Crippen LogP contribution is -2.24. The predicted molar refractivity (Wildman–Crippen MR) is 62.5 cm³/mol. The normalized spacial score (nSPS) is 10.0. The summed E-state index contributed by atoms with van der Waals surface area (Å²) in [7, 11) is 0. The summed E-state index contributed by atoms with van der Waals surface area (Å²) < 4.78 is 1.36. The van der Waals surface area contributed by atoms with Gasteiger partial charge in [-0.25, -0.2) is 4.68 Å². The van der Waals surface area contributed by atoms with Crippen molar-refractivity contribution in [3.8, 4) is 0 Å². The van der Waals surface area contributed by atoms with E-state index in [0.717, 1.165) is 6.42 Å². The molecule has 0 fully saturated rings. The summed E-state index contributed by atoms with van der Waals surface area (Å²) in [6.07, 6.45) is 4.10. The summed E-state index contributed by atoms with van der Waals surface area (Å²) in [6.45, 7) is 6.68. The maximum absolute atomic E-state index is 11.6. The monoisotopic (exact) mass is 227 g/mol. The van der Waals surface area contributed by atoms with E-state index in [4.69, 9.17) is 11.6 Å². The highest BCUT2D eigenvalue weighted by Crippen LogP contribution is 2.14. The van der Waals surface area contributed by atoms with Crippen LogP contribution < -0.4 is 10.9 Å². The molecule has 0 saturated heterocycles. The first kappa shape index (κ1) is 11.8. The van der Waals surface area contributed by atoms with Gasteiger partial charge in [0.1, 0.15) is 5.02 Å². The Morgan fingerprint density at radius 3 is 3.07 bits per heavy atom. The molecule has 1 aromatic heterocycles. The van der Waals surface area contributed by atoms with Gasteiger partial charge in [-0.1, -0.05) is 24.6 Å². The van der Waals surface area contributed by atoms with Crippen LogP contribution in [0, 0.1) is 0 Å². The minimum absolute atomic E-state index is 0.181. The van der Waals surface area contributed by atoms with Crippen molar-refractivity contribution < 1.29 is 0 Å². The van der Waals surface area contributed by atoms with Crippen molar-refractivity contribution >= 4 is 17.3 Å². The first-order chi connectivity index (χ1) is 7.20. The number of aryl methyl sites for hydroxylation is 1. The molecule has 0 atom stereocenters. The van der Waals surface area contributed by atoms with Crippen LogP contribution in [0.15, 0.2) is 23.6 Å². The molecular formula is C10H14ClN3O. The summed E-state index contributed by atoms with van der Waals surface area (Å²) in [6, 6.07) is 0. The molecule has 0 unspecified atom stereocenters. The quantitative estimate of drug-likeness (QED) is 0.782. The Hall–Kier alpha value is -1.29. The molecule has 4 nitrogen and oxygen atoms in total. The van der Waals surface area contributed by atoms with Crippen molar-refractivity contribution in [3.63, 3.8) is 0 Å². The van der Waals surface area contributed by atoms with Gasteiger partial charge in [-0.05, 0) is 6.42 Å². The minimum Gasteiger partial charge on any atom is -0.379 e. The molecule has 0 aliphatic rings. The lowest BCUT2D eigenvalue weighted by molar-refractivity contribution is 0.568. The average molecular weight is 228 g/mol. The van der Waals surface area contributed by atoms with E-state index in [1.807, 2.05) is 6.92 Å². The van der Waals surface area contributed by atoms with Gasteiger partial charge < -0.3 is 5.32 Å². The molecule has 5 heteroatoms. The lowest BCUT2D eigenvalue weighted by atomic mass is 10.4. The second-order valence-corrected chi connectivity index (χ2v) is 3.45. The molecule has 0 spiro atoms. The maximum Gasteiger partial charge on any atom is 0.287 e. The Morgan fingerprint density at radius 1 is 1.73 bits per heavy atom. The van der Waals surface area contributed by atoms with E-state index in [1.165, 1.54) is 4.68 Å². The zero-order valence-electron chi connectivity index (χ0n) is 8.66. The van der Waals surface area contributed by atoms with Gasteiger partial charge in [0.2, 0.25) is 0 Å². The number of nitrogens with zero attached hydrogens (tertiary/aromatic N) is 2. The lowest BCUT2D eigenvalue weighted by Gasteiger charge is -2.07. The third-order valence-corrected chi connectivity index (χ3v) is 2.22. The van der Waals surface area contributed by atoms with E-state index in [0.29, 0.717) is 18.8 Å². The highest BCUT2D eigenvalue weighted by Gasteiger charge is 2.07. The zero-order chi connectivity index (χ0) is 11.3. The number of aromatic nitrogens is 2. The maximum atomic E-state index is 11.6. The number of rotatable bonds is 5. The fraction of sp³-hybridized carbons (Fsp3) is 0.400. The highest BCUT2D eigenvalue weighted by molar-refractivity contribution is 6.32. The fourth-order valence-corrected chi connectivity index (χ4v) is 1.35. The first-order valence-corrected chi connectivity index (χ1v) is 5.18. The Balaban J connectivity index is 2.98. The van der Waals surface area contributed by atoms with Gasteiger partial charge in [-0.3, -0.25) is 4.79 Å². The summed E-state index contributed by atoms with van der Waals surface area (Å²) in [5.41, 5.74) is 0.293. The second-order valence-electron chi connectivity index (χ2n) is 3.07. The number of hydrogen-bond acceptors (Lipinski definition) is 3. The molecule has 82 valence electrons. The topological polar surface area (TPSA) is 46.9 Å². The van der Waals surface area contributed by atoms with E-state index in [2.05, 4.69) is 17.0 Å². The van der Waals surface area contributed by atoms with Crippen molar-refractivity contribution in [2.75, 3.05) is 11.9 Å². The van der Waals surface area contributed by atoms with Crippen LogP contribution in [-0.4, -0.2) is 16.3 Å². The van der Waals surface area contributed by atoms with Gasteiger partial charge in [0, 0.05) is 13.1 Å². The highest BCUT2D eigenvalue weighted by atomic mass is 35.5. The fourth-order valence-electron chi connectivity index (χ4n) is 1.14. The predicted octanol–water partition coefficient (Wildman–Crippen LogP) is 1.90. The van der Waals surface area contributed by atoms with Crippen LogP contribution in [0.1, 0.15) is 13.3 Å². The van der Waals surface area contributed by atoms with Crippen LogP contribution in [0.5, 0.6) is 0 Å². The molecule has 1 heterocycles. The van der Waals surface area contributed by atoms with E-state index in [1.54, 1.807) is 12.3 Å². The molecule has 0 radical (unpaired) electrons. The molecule has 0 saturated carbocycles. The summed E-state index contributed by atoms with van der Waals surface area (Å²) in [5, 5.41) is 7.13. The standard InChI is InChI=1S/C10H14ClN3O/c1-3-5-12-8-7-13-14(6-4-2)10(15)9(8)11/h3,7,12H,1,4-6H2,2H3. The van der Waals surface area contributed by atoms with Crippen molar-refractivity contribution in [2.24, 2.45) is 0 Å². The smallest absolute Gasteiger partial charge is 0.287 e. The van der Waals surface area contributed by atoms with Crippen LogP contribution in [-0.2, 0) is 6.54 Å². The molecule has 0 amide bonds. The number of nitrogens with one attached hydrogen (secondary N) is 1. The van der Waals surface area contributed by atoms with Gasteiger partial charge >= 0.3 is 0 Å². The van der Waals surface area contributed by atoms with Crippen LogP contribution in [0.2, 0.25) is 5.02 Å². The van der Waals surface area contributed by atoms with Crippen LogP contribution in [0.25, 0.3) is 0 Å². The van der Waals surface area contributed by atoms with E-state index in [-0.39, 0.29) is 10.6 Å². The Labute approximate surface area is 93.6 Å². The zero-order valence-corrected chi connectivity index (χ0v) is 9.42. The van der Waals surface area contributed by atoms with E-state index < -0.39 is 0 Å². The number of halogens is 1. The van der Waals surface area contributed by atoms with Crippen LogP contribution >= 0.6 is 11.6 Å². The summed E-state index contributed by atoms with van der Waals surface area (Å²) in [5.74, 6) is 0. The molecule has 0 bridgehead atoms. The van der Waals surface area contributed by atoms with Crippen molar-refractivity contribution in [1.82, 2.24) is 9.78 Å². The molecule has 1 aromatic rings. The first-order valence-electron chi connectivity index (χ1n) is 4.81. The largest absolute Gasteiger partial charge is 0.379 e. The average Bonchev–Trinajstić information content (AvgIpc) is 2.24. The van der Waals surface area contributed by atoms with Gasteiger partial charge in [-0.2, -0.15) is 5.10 Å². The molecule has 0 aromatic carbocycles. The van der Waals surface area contributed by atoms with Crippen LogP contribution in [0.3, 0.4) is 0 Å².